The number of halogens is 2. The molecule has 1 saturated carbocycles. The summed E-state index contributed by atoms with van der Waals surface area (Å²) in [5.41, 5.74) is 0.364. The molecule has 0 radical (unpaired) electrons. The second-order valence-electron chi connectivity index (χ2n) is 6.80. The quantitative estimate of drug-likeness (QED) is 0.561. The zero-order valence-corrected chi connectivity index (χ0v) is 14.8. The van der Waals surface area contributed by atoms with Crippen molar-refractivity contribution in [2.75, 3.05) is 0 Å². The lowest BCUT2D eigenvalue weighted by atomic mass is 9.91. The first-order valence-electron chi connectivity index (χ1n) is 8.87. The Balaban J connectivity index is 1.77. The van der Waals surface area contributed by atoms with E-state index in [2.05, 4.69) is 0 Å². The van der Waals surface area contributed by atoms with Gasteiger partial charge in [0.25, 0.3) is 0 Å². The molecule has 4 atom stereocenters. The van der Waals surface area contributed by atoms with Crippen LogP contribution in [0.3, 0.4) is 0 Å². The number of fused-ring (bicyclic) bond motifs is 1. The molecule has 1 aliphatic heterocycles. The Morgan fingerprint density at radius 3 is 2.67 bits per heavy atom. The van der Waals surface area contributed by atoms with Gasteiger partial charge < -0.3 is 9.47 Å². The number of carbonyl (C=O) groups excluding carboxylic acids is 3. The van der Waals surface area contributed by atoms with Gasteiger partial charge in [0.2, 0.25) is 5.78 Å². The maximum atomic E-state index is 13.5. The van der Waals surface area contributed by atoms with Gasteiger partial charge in [-0.25, -0.2) is 4.79 Å². The van der Waals surface area contributed by atoms with E-state index in [4.69, 9.17) is 9.47 Å². The van der Waals surface area contributed by atoms with E-state index in [1.807, 2.05) is 0 Å². The summed E-state index contributed by atoms with van der Waals surface area (Å²) in [4.78, 5) is 35.6. The lowest BCUT2D eigenvalue weighted by Gasteiger charge is -2.20. The number of hydrogen-bond donors (Lipinski definition) is 0. The van der Waals surface area contributed by atoms with Crippen LogP contribution in [0.1, 0.15) is 36.5 Å². The van der Waals surface area contributed by atoms with Crippen LogP contribution in [-0.4, -0.2) is 35.9 Å². The van der Waals surface area contributed by atoms with Crippen LogP contribution in [0.2, 0.25) is 0 Å². The fourth-order valence-electron chi connectivity index (χ4n) is 3.56. The average molecular weight is 378 g/mol. The van der Waals surface area contributed by atoms with Crippen molar-refractivity contribution in [3.05, 3.63) is 48.0 Å². The maximum Gasteiger partial charge on any atom is 0.338 e. The summed E-state index contributed by atoms with van der Waals surface area (Å²) in [6.45, 7) is 1.23. The molecule has 0 N–H and O–H groups in total. The van der Waals surface area contributed by atoms with Crippen molar-refractivity contribution in [2.45, 2.75) is 44.3 Å². The minimum Gasteiger partial charge on any atom is -0.462 e. The van der Waals surface area contributed by atoms with E-state index in [1.54, 1.807) is 30.3 Å². The summed E-state index contributed by atoms with van der Waals surface area (Å²) in [5.74, 6) is -6.49. The number of carbonyl (C=O) groups is 3. The highest BCUT2D eigenvalue weighted by atomic mass is 19.3. The van der Waals surface area contributed by atoms with Crippen LogP contribution in [0.15, 0.2) is 42.5 Å². The molecule has 27 heavy (non-hydrogen) atoms. The highest BCUT2D eigenvalue weighted by Gasteiger charge is 2.51. The molecule has 1 aromatic rings. The minimum absolute atomic E-state index is 0.109. The maximum absolute atomic E-state index is 13.5. The summed E-state index contributed by atoms with van der Waals surface area (Å²) in [7, 11) is 0. The van der Waals surface area contributed by atoms with E-state index in [1.165, 1.54) is 13.0 Å². The van der Waals surface area contributed by atoms with Crippen molar-refractivity contribution in [3.8, 4) is 0 Å². The second-order valence-corrected chi connectivity index (χ2v) is 6.80. The van der Waals surface area contributed by atoms with Gasteiger partial charge in [-0.15, -0.1) is 0 Å². The molecule has 0 aromatic heterocycles. The lowest BCUT2D eigenvalue weighted by molar-refractivity contribution is -0.142. The molecule has 2 unspecified atom stereocenters. The molecule has 7 heteroatoms. The summed E-state index contributed by atoms with van der Waals surface area (Å²) in [5, 5.41) is 0. The number of rotatable bonds is 6. The zero-order chi connectivity index (χ0) is 19.6. The van der Waals surface area contributed by atoms with Gasteiger partial charge in [-0.2, -0.15) is 8.78 Å². The lowest BCUT2D eigenvalue weighted by Crippen LogP contribution is -2.27. The molecule has 0 bridgehead atoms. The van der Waals surface area contributed by atoms with Gasteiger partial charge in [0.15, 0.2) is 0 Å². The third kappa shape index (κ3) is 4.07. The third-order valence-corrected chi connectivity index (χ3v) is 5.09. The monoisotopic (exact) mass is 378 g/mol. The summed E-state index contributed by atoms with van der Waals surface area (Å²) in [6.07, 6.45) is 0.868. The molecular weight excluding hydrogens is 358 g/mol. The van der Waals surface area contributed by atoms with Crippen LogP contribution >= 0.6 is 0 Å². The second kappa shape index (κ2) is 7.58. The van der Waals surface area contributed by atoms with E-state index in [-0.39, 0.29) is 24.7 Å². The van der Waals surface area contributed by atoms with Crippen LogP contribution in [0.25, 0.3) is 0 Å². The highest BCUT2D eigenvalue weighted by molar-refractivity contribution is 5.95. The number of alkyl halides is 2. The minimum atomic E-state index is -3.44. The molecular formula is C20H20F2O5. The first kappa shape index (κ1) is 19.2. The molecule has 1 aliphatic carbocycles. The third-order valence-electron chi connectivity index (χ3n) is 5.09. The SMILES string of the molecule is CCC(F)(F)C(=O)/C=C/[C@H]1C(OC(=O)c2ccccc2)CC2OC(=O)C[C@@H]21. The fraction of sp³-hybridized carbons (Fsp3) is 0.450. The molecule has 2 aliphatic rings. The Morgan fingerprint density at radius 2 is 2.00 bits per heavy atom. The zero-order valence-electron chi connectivity index (χ0n) is 14.8. The molecule has 144 valence electrons. The molecule has 1 saturated heterocycles. The van der Waals surface area contributed by atoms with Gasteiger partial charge in [-0.1, -0.05) is 31.2 Å². The predicted octanol–water partition coefficient (Wildman–Crippen LogP) is 3.33. The molecule has 0 spiro atoms. The molecule has 3 rings (SSSR count). The summed E-state index contributed by atoms with van der Waals surface area (Å²) < 4.78 is 37.8. The van der Waals surface area contributed by atoms with Gasteiger partial charge >= 0.3 is 17.9 Å². The Labute approximate surface area is 155 Å². The normalized spacial score (nSPS) is 27.4. The van der Waals surface area contributed by atoms with E-state index in [0.717, 1.165) is 6.08 Å². The number of esters is 2. The van der Waals surface area contributed by atoms with Crippen molar-refractivity contribution in [1.82, 2.24) is 0 Å². The van der Waals surface area contributed by atoms with Gasteiger partial charge in [-0.3, -0.25) is 9.59 Å². The number of ether oxygens (including phenoxy) is 2. The van der Waals surface area contributed by atoms with Crippen LogP contribution in [0.4, 0.5) is 8.78 Å². The molecule has 0 amide bonds. The van der Waals surface area contributed by atoms with Gasteiger partial charge in [0.1, 0.15) is 12.2 Å². The fourth-order valence-corrected chi connectivity index (χ4v) is 3.56. The Morgan fingerprint density at radius 1 is 1.30 bits per heavy atom. The molecule has 5 nitrogen and oxygen atoms in total. The van der Waals surface area contributed by atoms with Gasteiger partial charge in [0, 0.05) is 24.7 Å². The smallest absolute Gasteiger partial charge is 0.338 e. The first-order valence-corrected chi connectivity index (χ1v) is 8.87. The Hall–Kier alpha value is -2.57. The Kier molecular flexibility index (Phi) is 5.39. The van der Waals surface area contributed by atoms with Crippen molar-refractivity contribution < 1.29 is 32.6 Å². The number of ketones is 1. The standard InChI is InChI=1S/C20H20F2O5/c1-2-20(21,22)17(23)9-8-13-14-10-18(24)26-16(14)11-15(13)27-19(25)12-6-4-3-5-7-12/h3-9,13-16H,2,10-11H2,1H3/b9-8+/t13-,14-,15?,16?/m1/s1. The van der Waals surface area contributed by atoms with Crippen LogP contribution < -0.4 is 0 Å². The average Bonchev–Trinajstić information content (AvgIpc) is 3.16. The summed E-state index contributed by atoms with van der Waals surface area (Å²) >= 11 is 0. The van der Waals surface area contributed by atoms with E-state index in [9.17, 15) is 23.2 Å². The van der Waals surface area contributed by atoms with E-state index in [0.29, 0.717) is 5.56 Å². The van der Waals surface area contributed by atoms with Crippen LogP contribution in [-0.2, 0) is 19.1 Å². The molecule has 2 fully saturated rings. The van der Waals surface area contributed by atoms with E-state index >= 15 is 0 Å². The van der Waals surface area contributed by atoms with Crippen LogP contribution in [0.5, 0.6) is 0 Å². The molecule has 1 heterocycles. The molecule has 1 aromatic carbocycles. The number of hydrogen-bond acceptors (Lipinski definition) is 5. The van der Waals surface area contributed by atoms with Gasteiger partial charge in [-0.05, 0) is 18.2 Å². The van der Waals surface area contributed by atoms with Crippen molar-refractivity contribution in [2.24, 2.45) is 11.8 Å². The largest absolute Gasteiger partial charge is 0.462 e. The topological polar surface area (TPSA) is 69.7 Å². The number of allylic oxidation sites excluding steroid dienone is 1. The van der Waals surface area contributed by atoms with Gasteiger partial charge in [0.05, 0.1) is 12.0 Å². The van der Waals surface area contributed by atoms with Crippen molar-refractivity contribution in [1.29, 1.82) is 0 Å². The van der Waals surface area contributed by atoms with Crippen LogP contribution in [0, 0.1) is 11.8 Å². The van der Waals surface area contributed by atoms with E-state index < -0.39 is 42.2 Å². The first-order chi connectivity index (χ1) is 12.8. The highest BCUT2D eigenvalue weighted by Crippen LogP contribution is 2.43. The predicted molar refractivity (Wildman–Crippen MR) is 91.1 cm³/mol. The Bertz CT molecular complexity index is 759. The van der Waals surface area contributed by atoms with Crippen molar-refractivity contribution in [3.63, 3.8) is 0 Å². The van der Waals surface area contributed by atoms with Crippen molar-refractivity contribution >= 4 is 17.7 Å². The summed E-state index contributed by atoms with van der Waals surface area (Å²) in [6, 6.07) is 8.37. The number of benzene rings is 1.